The van der Waals surface area contributed by atoms with E-state index in [-0.39, 0.29) is 46.7 Å². The van der Waals surface area contributed by atoms with Crippen molar-refractivity contribution in [2.45, 2.75) is 198 Å². The van der Waals surface area contributed by atoms with Gasteiger partial charge in [-0.15, -0.1) is 0 Å². The van der Waals surface area contributed by atoms with Crippen LogP contribution < -0.4 is 0 Å². The maximum atomic E-state index is 12.1. The lowest BCUT2D eigenvalue weighted by molar-refractivity contribution is -0.386. The molecular formula is C47H76O17. The van der Waals surface area contributed by atoms with Gasteiger partial charge in [0.15, 0.2) is 18.9 Å². The molecule has 17 nitrogen and oxygen atoms in total. The summed E-state index contributed by atoms with van der Waals surface area (Å²) in [5.41, 5.74) is 0.174. The maximum Gasteiger partial charge on any atom is 0.187 e. The van der Waals surface area contributed by atoms with Crippen molar-refractivity contribution in [3.05, 3.63) is 23.3 Å². The summed E-state index contributed by atoms with van der Waals surface area (Å²) in [6.45, 7) is 13.7. The Balaban J connectivity index is 1.04. The number of fused-ring (bicyclic) bond motifs is 6. The number of ether oxygens (including phenoxy) is 6. The molecule has 366 valence electrons. The molecule has 6 fully saturated rings. The molecule has 11 N–H and O–H groups in total. The van der Waals surface area contributed by atoms with E-state index in [1.807, 2.05) is 6.92 Å². The fourth-order valence-electron chi connectivity index (χ4n) is 14.2. The summed E-state index contributed by atoms with van der Waals surface area (Å²) in [7, 11) is 0. The molecule has 0 bridgehead atoms. The molecule has 64 heavy (non-hydrogen) atoms. The van der Waals surface area contributed by atoms with Crippen molar-refractivity contribution in [2.75, 3.05) is 26.4 Å². The lowest BCUT2D eigenvalue weighted by atomic mass is 9.35. The Kier molecular flexibility index (Phi) is 13.3. The maximum absolute atomic E-state index is 12.1. The highest BCUT2D eigenvalue weighted by atomic mass is 16.8. The Labute approximate surface area is 376 Å². The minimum atomic E-state index is -1.81. The van der Waals surface area contributed by atoms with Crippen LogP contribution in [0.3, 0.4) is 0 Å². The lowest BCUT2D eigenvalue weighted by Gasteiger charge is -2.70. The van der Waals surface area contributed by atoms with Gasteiger partial charge in [0, 0.05) is 16.2 Å². The van der Waals surface area contributed by atoms with Crippen LogP contribution in [0.5, 0.6) is 0 Å². The first-order valence-electron chi connectivity index (χ1n) is 23.6. The molecule has 17 heteroatoms. The zero-order valence-electron chi connectivity index (χ0n) is 38.4. The molecule has 3 heterocycles. The number of aliphatic hydroxyl groups excluding tert-OH is 11. The zero-order valence-corrected chi connectivity index (χ0v) is 38.4. The molecule has 0 unspecified atom stereocenters. The van der Waals surface area contributed by atoms with Crippen molar-refractivity contribution in [3.63, 3.8) is 0 Å². The highest BCUT2D eigenvalue weighted by molar-refractivity contribution is 5.47. The first-order chi connectivity index (χ1) is 30.0. The molecule has 0 spiro atoms. The van der Waals surface area contributed by atoms with Gasteiger partial charge in [-0.2, -0.15) is 0 Å². The van der Waals surface area contributed by atoms with Crippen molar-refractivity contribution in [1.29, 1.82) is 0 Å². The highest BCUT2D eigenvalue weighted by Crippen LogP contribution is 2.74. The quantitative estimate of drug-likeness (QED) is 0.137. The summed E-state index contributed by atoms with van der Waals surface area (Å²) in [6.07, 6.45) is -12.5. The van der Waals surface area contributed by atoms with Crippen LogP contribution in [0.15, 0.2) is 23.3 Å². The van der Waals surface area contributed by atoms with E-state index in [4.69, 9.17) is 28.4 Å². The molecule has 23 atom stereocenters. The standard InChI is InChI=1S/C47H76O17/c1-22-31(53)37(63-41-38(34(56)33(55)26(18-48)61-41)64-39-35(57)32(54)25(51)19-59-39)36(58)40(60-22)62-30-11-12-43(4)27(44(30,5)20-49)10-13-45(6)28(43)9-8-23-24-16-42(2,3)14-15-47(24,21-50)29(52)17-46(23,45)7/h8-9,22,25-41,48-58H,10-21H2,1-7H3/t22-,25-,26-,27-,28-,29-,30+,31+,32+,33-,34+,35-,36-,37+,38-,39+,40+,41+,43+,44+,45-,46-,47-/m1/s1. The number of rotatable bonds is 9. The predicted octanol–water partition coefficient (Wildman–Crippen LogP) is 0.144. The molecule has 3 saturated heterocycles. The molecular weight excluding hydrogens is 837 g/mol. The Morgan fingerprint density at radius 1 is 0.688 bits per heavy atom. The normalized spacial score (nSPS) is 55.0. The van der Waals surface area contributed by atoms with Crippen molar-refractivity contribution in [2.24, 2.45) is 44.3 Å². The van der Waals surface area contributed by atoms with Gasteiger partial charge in [0.1, 0.15) is 61.0 Å². The summed E-state index contributed by atoms with van der Waals surface area (Å²) in [5.74, 6) is 0.0538. The highest BCUT2D eigenvalue weighted by Gasteiger charge is 2.69. The van der Waals surface area contributed by atoms with Crippen LogP contribution in [0.2, 0.25) is 0 Å². The van der Waals surface area contributed by atoms with E-state index in [9.17, 15) is 56.2 Å². The smallest absolute Gasteiger partial charge is 0.187 e. The van der Waals surface area contributed by atoms with Crippen molar-refractivity contribution in [3.8, 4) is 0 Å². The van der Waals surface area contributed by atoms with E-state index in [1.165, 1.54) is 11.1 Å². The molecule has 3 aliphatic heterocycles. The summed E-state index contributed by atoms with van der Waals surface area (Å²) in [6, 6.07) is 0. The summed E-state index contributed by atoms with van der Waals surface area (Å²) >= 11 is 0. The fraction of sp³-hybridized carbons (Fsp3) is 0.915. The van der Waals surface area contributed by atoms with Crippen LogP contribution in [0.1, 0.15) is 99.8 Å². The zero-order chi connectivity index (χ0) is 46.7. The van der Waals surface area contributed by atoms with Gasteiger partial charge in [0.2, 0.25) is 0 Å². The van der Waals surface area contributed by atoms with Gasteiger partial charge in [0.25, 0.3) is 0 Å². The fourth-order valence-corrected chi connectivity index (χ4v) is 14.2. The Hall–Kier alpha value is -1.20. The third-order valence-corrected chi connectivity index (χ3v) is 18.6. The van der Waals surface area contributed by atoms with Gasteiger partial charge >= 0.3 is 0 Å². The summed E-state index contributed by atoms with van der Waals surface area (Å²) in [5, 5.41) is 120. The Morgan fingerprint density at radius 3 is 2.06 bits per heavy atom. The Morgan fingerprint density at radius 2 is 1.39 bits per heavy atom. The average molecular weight is 913 g/mol. The van der Waals surface area contributed by atoms with Gasteiger partial charge in [0.05, 0.1) is 44.7 Å². The van der Waals surface area contributed by atoms with Gasteiger partial charge in [-0.3, -0.25) is 0 Å². The molecule has 0 aromatic heterocycles. The number of aliphatic hydroxyl groups is 11. The largest absolute Gasteiger partial charge is 0.396 e. The van der Waals surface area contributed by atoms with Crippen LogP contribution in [0.25, 0.3) is 0 Å². The van der Waals surface area contributed by atoms with Crippen molar-refractivity contribution in [1.82, 2.24) is 0 Å². The molecule has 0 aromatic rings. The average Bonchev–Trinajstić information content (AvgIpc) is 3.24. The van der Waals surface area contributed by atoms with E-state index in [0.29, 0.717) is 12.8 Å². The van der Waals surface area contributed by atoms with Gasteiger partial charge in [-0.1, -0.05) is 59.3 Å². The van der Waals surface area contributed by atoms with E-state index in [1.54, 1.807) is 6.92 Å². The molecule has 0 aromatic carbocycles. The second-order valence-corrected chi connectivity index (χ2v) is 22.6. The van der Waals surface area contributed by atoms with Gasteiger partial charge in [-0.05, 0) is 91.9 Å². The van der Waals surface area contributed by atoms with Crippen LogP contribution in [0.4, 0.5) is 0 Å². The molecule has 0 radical (unpaired) electrons. The van der Waals surface area contributed by atoms with E-state index < -0.39 is 122 Å². The monoisotopic (exact) mass is 913 g/mol. The summed E-state index contributed by atoms with van der Waals surface area (Å²) < 4.78 is 36.0. The molecule has 0 amide bonds. The first kappa shape index (κ1) is 49.2. The number of allylic oxidation sites excluding steroid dienone is 3. The Bertz CT molecular complexity index is 1760. The van der Waals surface area contributed by atoms with Crippen molar-refractivity contribution < 1.29 is 84.6 Å². The third kappa shape index (κ3) is 7.45. The second-order valence-electron chi connectivity index (χ2n) is 22.6. The second kappa shape index (κ2) is 17.3. The van der Waals surface area contributed by atoms with Crippen LogP contribution in [-0.4, -0.2) is 181 Å². The molecule has 8 rings (SSSR count). The van der Waals surface area contributed by atoms with Crippen molar-refractivity contribution >= 4 is 0 Å². The van der Waals surface area contributed by atoms with Crippen LogP contribution >= 0.6 is 0 Å². The molecule has 5 aliphatic carbocycles. The lowest BCUT2D eigenvalue weighted by Crippen LogP contribution is -2.67. The molecule has 3 saturated carbocycles. The van der Waals surface area contributed by atoms with E-state index >= 15 is 0 Å². The SMILES string of the molecule is C[C@H]1O[C@@H](O[C@H]2CC[C@@]3(C)[C@@H](CC[C@]4(C)[C@@H]3C=CC3=C5CC(C)(C)CC[C@]5(CO)[C@H](O)C[C@]34C)[C@]2(C)CO)[C@H](O)[C@@H](O[C@@H]2O[C@H](CO)[C@@H](O)[C@H](O)[C@H]2O[C@@H]2OC[C@@H](O)[C@H](O)[C@H]2O)[C@H]1O. The number of hydrogen-bond acceptors (Lipinski definition) is 17. The van der Waals surface area contributed by atoms with Gasteiger partial charge in [-0.25, -0.2) is 0 Å². The van der Waals surface area contributed by atoms with Crippen LogP contribution in [-0.2, 0) is 28.4 Å². The minimum absolute atomic E-state index is 0.0346. The van der Waals surface area contributed by atoms with Crippen LogP contribution in [0, 0.1) is 44.3 Å². The molecule has 8 aliphatic rings. The predicted molar refractivity (Wildman–Crippen MR) is 225 cm³/mol. The first-order valence-corrected chi connectivity index (χ1v) is 23.6. The third-order valence-electron chi connectivity index (χ3n) is 18.6. The summed E-state index contributed by atoms with van der Waals surface area (Å²) in [4.78, 5) is 0. The van der Waals surface area contributed by atoms with Gasteiger partial charge < -0.3 is 84.6 Å². The minimum Gasteiger partial charge on any atom is -0.396 e. The topological polar surface area (TPSA) is 278 Å². The van der Waals surface area contributed by atoms with E-state index in [0.717, 1.165) is 38.5 Å². The van der Waals surface area contributed by atoms with E-state index in [2.05, 4.69) is 46.8 Å². The number of hydrogen-bond donors (Lipinski definition) is 11.